The van der Waals surface area contributed by atoms with E-state index in [1.54, 1.807) is 17.9 Å². The molecule has 2 aromatic rings. The Morgan fingerprint density at radius 2 is 2.25 bits per heavy atom. The molecule has 1 heterocycles. The molecule has 0 radical (unpaired) electrons. The quantitative estimate of drug-likeness (QED) is 0.859. The summed E-state index contributed by atoms with van der Waals surface area (Å²) in [5.74, 6) is -0.143. The highest BCUT2D eigenvalue weighted by Gasteiger charge is 2.12. The predicted molar refractivity (Wildman–Crippen MR) is 60.9 cm³/mol. The van der Waals surface area contributed by atoms with Gasteiger partial charge in [0, 0.05) is 11.6 Å². The first-order valence-electron chi connectivity index (χ1n) is 4.97. The van der Waals surface area contributed by atoms with Crippen LogP contribution in [0.5, 0.6) is 5.75 Å². The first-order chi connectivity index (χ1) is 7.63. The Hall–Kier alpha value is -1.97. The maximum atomic E-state index is 10.7. The van der Waals surface area contributed by atoms with Crippen molar-refractivity contribution in [3.63, 3.8) is 0 Å². The molecule has 0 atom stereocenters. The number of hydrogen-bond donors (Lipinski definition) is 1. The van der Waals surface area contributed by atoms with E-state index in [2.05, 4.69) is 0 Å². The monoisotopic (exact) mass is 219 g/mol. The smallest absolute Gasteiger partial charge is 0.323 e. The SMILES string of the molecule is COc1cn(CC(=O)O)c2cccc(C)c12. The highest BCUT2D eigenvalue weighted by molar-refractivity contribution is 5.90. The highest BCUT2D eigenvalue weighted by Crippen LogP contribution is 2.30. The molecule has 0 fully saturated rings. The number of rotatable bonds is 3. The van der Waals surface area contributed by atoms with E-state index in [1.165, 1.54) is 0 Å². The summed E-state index contributed by atoms with van der Waals surface area (Å²) in [5.41, 5.74) is 1.97. The molecular weight excluding hydrogens is 206 g/mol. The lowest BCUT2D eigenvalue weighted by Crippen LogP contribution is -2.07. The summed E-state index contributed by atoms with van der Waals surface area (Å²) >= 11 is 0. The third-order valence-electron chi connectivity index (χ3n) is 2.61. The summed E-state index contributed by atoms with van der Waals surface area (Å²) in [6.07, 6.45) is 1.73. The second-order valence-corrected chi connectivity index (χ2v) is 3.69. The molecule has 1 aromatic heterocycles. The van der Waals surface area contributed by atoms with Gasteiger partial charge in [-0.2, -0.15) is 0 Å². The maximum Gasteiger partial charge on any atom is 0.323 e. The van der Waals surface area contributed by atoms with E-state index in [0.29, 0.717) is 5.75 Å². The van der Waals surface area contributed by atoms with E-state index < -0.39 is 5.97 Å². The zero-order valence-corrected chi connectivity index (χ0v) is 9.23. The number of ether oxygens (including phenoxy) is 1. The largest absolute Gasteiger partial charge is 0.495 e. The van der Waals surface area contributed by atoms with E-state index in [1.807, 2.05) is 25.1 Å². The number of fused-ring (bicyclic) bond motifs is 1. The van der Waals surface area contributed by atoms with Crippen LogP contribution in [-0.2, 0) is 11.3 Å². The number of hydrogen-bond acceptors (Lipinski definition) is 2. The molecular formula is C12H13NO3. The molecule has 0 bridgehead atoms. The average molecular weight is 219 g/mol. The number of carbonyl (C=O) groups is 1. The van der Waals surface area contributed by atoms with Gasteiger partial charge in [0.05, 0.1) is 12.6 Å². The fourth-order valence-electron chi connectivity index (χ4n) is 1.92. The third kappa shape index (κ3) is 1.62. The van der Waals surface area contributed by atoms with Gasteiger partial charge < -0.3 is 14.4 Å². The van der Waals surface area contributed by atoms with E-state index >= 15 is 0 Å². The summed E-state index contributed by atoms with van der Waals surface area (Å²) in [5, 5.41) is 9.79. The van der Waals surface area contributed by atoms with Crippen LogP contribution in [0.4, 0.5) is 0 Å². The minimum atomic E-state index is -0.860. The maximum absolute atomic E-state index is 10.7. The Labute approximate surface area is 93.1 Å². The summed E-state index contributed by atoms with van der Waals surface area (Å²) in [4.78, 5) is 10.7. The fourth-order valence-corrected chi connectivity index (χ4v) is 1.92. The molecule has 16 heavy (non-hydrogen) atoms. The van der Waals surface area contributed by atoms with Crippen LogP contribution in [0.1, 0.15) is 5.56 Å². The van der Waals surface area contributed by atoms with Crippen LogP contribution >= 0.6 is 0 Å². The van der Waals surface area contributed by atoms with Crippen LogP contribution in [0.15, 0.2) is 24.4 Å². The molecule has 0 aliphatic rings. The van der Waals surface area contributed by atoms with Gasteiger partial charge in [-0.1, -0.05) is 12.1 Å². The standard InChI is InChI=1S/C12H13NO3/c1-8-4-3-5-9-12(8)10(16-2)6-13(9)7-11(14)15/h3-6H,7H2,1-2H3,(H,14,15). The van der Waals surface area contributed by atoms with Gasteiger partial charge in [-0.15, -0.1) is 0 Å². The molecule has 0 amide bonds. The van der Waals surface area contributed by atoms with Gasteiger partial charge in [-0.05, 0) is 18.6 Å². The van der Waals surface area contributed by atoms with Crippen molar-refractivity contribution in [2.24, 2.45) is 0 Å². The van der Waals surface area contributed by atoms with Crippen molar-refractivity contribution in [2.75, 3.05) is 7.11 Å². The Morgan fingerprint density at radius 1 is 1.50 bits per heavy atom. The highest BCUT2D eigenvalue weighted by atomic mass is 16.5. The summed E-state index contributed by atoms with van der Waals surface area (Å²) in [7, 11) is 1.59. The number of carboxylic acid groups (broad SMARTS) is 1. The Balaban J connectivity index is 2.68. The Morgan fingerprint density at radius 3 is 2.88 bits per heavy atom. The second-order valence-electron chi connectivity index (χ2n) is 3.69. The molecule has 0 aliphatic carbocycles. The van der Waals surface area contributed by atoms with Crippen LogP contribution in [0.3, 0.4) is 0 Å². The molecule has 4 nitrogen and oxygen atoms in total. The van der Waals surface area contributed by atoms with Crippen LogP contribution < -0.4 is 4.74 Å². The van der Waals surface area contributed by atoms with E-state index in [-0.39, 0.29) is 6.54 Å². The van der Waals surface area contributed by atoms with Gasteiger partial charge in [-0.25, -0.2) is 0 Å². The molecule has 2 rings (SSSR count). The molecule has 0 unspecified atom stereocenters. The topological polar surface area (TPSA) is 51.5 Å². The van der Waals surface area contributed by atoms with Crippen LogP contribution in [0.25, 0.3) is 10.9 Å². The van der Waals surface area contributed by atoms with Gasteiger partial charge >= 0.3 is 5.97 Å². The fraction of sp³-hybridized carbons (Fsp3) is 0.250. The van der Waals surface area contributed by atoms with Crippen LogP contribution in [0, 0.1) is 6.92 Å². The lowest BCUT2D eigenvalue weighted by molar-refractivity contribution is -0.137. The van der Waals surface area contributed by atoms with Crippen molar-refractivity contribution >= 4 is 16.9 Å². The van der Waals surface area contributed by atoms with Gasteiger partial charge in [-0.3, -0.25) is 4.79 Å². The number of aryl methyl sites for hydroxylation is 1. The minimum Gasteiger partial charge on any atom is -0.495 e. The number of aromatic nitrogens is 1. The van der Waals surface area contributed by atoms with E-state index in [0.717, 1.165) is 16.5 Å². The van der Waals surface area contributed by atoms with Gasteiger partial charge in [0.25, 0.3) is 0 Å². The van der Waals surface area contributed by atoms with Crippen molar-refractivity contribution in [1.29, 1.82) is 0 Å². The van der Waals surface area contributed by atoms with E-state index in [9.17, 15) is 4.79 Å². The minimum absolute atomic E-state index is 0.0523. The van der Waals surface area contributed by atoms with E-state index in [4.69, 9.17) is 9.84 Å². The van der Waals surface area contributed by atoms with Crippen molar-refractivity contribution in [3.8, 4) is 5.75 Å². The summed E-state index contributed by atoms with van der Waals surface area (Å²) < 4.78 is 6.94. The first kappa shape index (κ1) is 10.5. The molecule has 0 saturated heterocycles. The molecule has 0 aliphatic heterocycles. The lowest BCUT2D eigenvalue weighted by atomic mass is 10.1. The number of nitrogens with zero attached hydrogens (tertiary/aromatic N) is 1. The van der Waals surface area contributed by atoms with Crippen molar-refractivity contribution in [2.45, 2.75) is 13.5 Å². The number of carboxylic acids is 1. The van der Waals surface area contributed by atoms with Crippen LogP contribution in [-0.4, -0.2) is 22.8 Å². The number of benzene rings is 1. The van der Waals surface area contributed by atoms with Crippen molar-refractivity contribution < 1.29 is 14.6 Å². The third-order valence-corrected chi connectivity index (χ3v) is 2.61. The normalized spacial score (nSPS) is 10.6. The Kier molecular flexibility index (Phi) is 2.56. The molecule has 0 saturated carbocycles. The van der Waals surface area contributed by atoms with Crippen LogP contribution in [0.2, 0.25) is 0 Å². The summed E-state index contributed by atoms with van der Waals surface area (Å²) in [6, 6.07) is 5.79. The number of aliphatic carboxylic acids is 1. The van der Waals surface area contributed by atoms with Crippen molar-refractivity contribution in [1.82, 2.24) is 4.57 Å². The molecule has 0 spiro atoms. The summed E-state index contributed by atoms with van der Waals surface area (Å²) in [6.45, 7) is 1.93. The van der Waals surface area contributed by atoms with Crippen molar-refractivity contribution in [3.05, 3.63) is 30.0 Å². The molecule has 4 heteroatoms. The Bertz CT molecular complexity index is 542. The second kappa shape index (κ2) is 3.89. The molecule has 1 N–H and O–H groups in total. The molecule has 1 aromatic carbocycles. The first-order valence-corrected chi connectivity index (χ1v) is 4.97. The molecule has 84 valence electrons. The predicted octanol–water partition coefficient (Wildman–Crippen LogP) is 2.04. The average Bonchev–Trinajstić information content (AvgIpc) is 2.57. The van der Waals surface area contributed by atoms with Gasteiger partial charge in [0.1, 0.15) is 12.3 Å². The van der Waals surface area contributed by atoms with Gasteiger partial charge in [0.2, 0.25) is 0 Å². The van der Waals surface area contributed by atoms with Gasteiger partial charge in [0.15, 0.2) is 0 Å². The number of methoxy groups -OCH3 is 1. The zero-order valence-electron chi connectivity index (χ0n) is 9.23. The lowest BCUT2D eigenvalue weighted by Gasteiger charge is -2.01. The zero-order chi connectivity index (χ0) is 11.7.